The van der Waals surface area contributed by atoms with Gasteiger partial charge in [-0.15, -0.1) is 0 Å². The highest BCUT2D eigenvalue weighted by Crippen LogP contribution is 2.50. The van der Waals surface area contributed by atoms with Gasteiger partial charge in [-0.05, 0) is 230 Å². The lowest BCUT2D eigenvalue weighted by Crippen LogP contribution is -2.12. The van der Waals surface area contributed by atoms with Crippen LogP contribution in [0, 0.1) is 0 Å². The zero-order chi connectivity index (χ0) is 69.8. The Morgan fingerprint density at radius 1 is 0.151 bits per heavy atom. The Balaban J connectivity index is 0.662. The van der Waals surface area contributed by atoms with Crippen LogP contribution in [0.25, 0.3) is 175 Å². The molecule has 0 saturated carbocycles. The largest absolute Gasteiger partial charge is 0.456 e. The predicted octanol–water partition coefficient (Wildman–Crippen LogP) is 29.3. The molecule has 106 heavy (non-hydrogen) atoms. The van der Waals surface area contributed by atoms with E-state index in [4.69, 9.17) is 8.83 Å². The Bertz CT molecular complexity index is 7080. The fourth-order valence-corrected chi connectivity index (χ4v) is 16.7. The van der Waals surface area contributed by atoms with Crippen LogP contribution in [-0.4, -0.2) is 0 Å². The van der Waals surface area contributed by atoms with Gasteiger partial charge in [-0.3, -0.25) is 0 Å². The maximum atomic E-state index is 6.84. The first-order valence-electron chi connectivity index (χ1n) is 36.3. The molecule has 21 aromatic rings. The second kappa shape index (κ2) is 24.9. The molecule has 0 fully saturated rings. The average molecular weight is 1350 g/mol. The monoisotopic (exact) mass is 1350 g/mol. The van der Waals surface area contributed by atoms with E-state index in [0.29, 0.717) is 0 Å². The highest BCUT2D eigenvalue weighted by atomic mass is 16.3. The summed E-state index contributed by atoms with van der Waals surface area (Å²) in [4.78, 5) is 4.87. The summed E-state index contributed by atoms with van der Waals surface area (Å²) in [5.41, 5.74) is 23.6. The van der Waals surface area contributed by atoms with Crippen molar-refractivity contribution in [2.75, 3.05) is 9.80 Å². The van der Waals surface area contributed by atoms with Gasteiger partial charge < -0.3 is 18.6 Å². The Hall–Kier alpha value is -14.1. The SMILES string of the molecule is c1ccc(-c2ccc(N(c3ccccc3-c3ccc4oc5cc6cccc(-c7ccc8c(c7)cc(-c7ccc(N(c9ccc%10ccccc%10c9)c9ccccc9-c9ccc%10oc%11cc%12ccccc%12cc%11c%10c9)cc7)c7ccccc78)c6cc5c4c3)c3cccc4ccccc34)cc2-c2ccccc2)cc1. The van der Waals surface area contributed by atoms with E-state index in [1.54, 1.807) is 0 Å². The molecular weight excluding hydrogens is 1290 g/mol. The summed E-state index contributed by atoms with van der Waals surface area (Å²) in [6.45, 7) is 0. The highest BCUT2D eigenvalue weighted by Gasteiger charge is 2.25. The summed E-state index contributed by atoms with van der Waals surface area (Å²) in [6.07, 6.45) is 0. The smallest absolute Gasteiger partial charge is 0.136 e. The first-order valence-corrected chi connectivity index (χ1v) is 36.3. The van der Waals surface area contributed by atoms with E-state index in [1.807, 2.05) is 0 Å². The number of hydrogen-bond donors (Lipinski definition) is 0. The van der Waals surface area contributed by atoms with E-state index >= 15 is 0 Å². The molecule has 2 heterocycles. The van der Waals surface area contributed by atoms with Gasteiger partial charge in [0.15, 0.2) is 0 Å². The molecule has 0 atom stereocenters. The van der Waals surface area contributed by atoms with Gasteiger partial charge in [-0.25, -0.2) is 0 Å². The lowest BCUT2D eigenvalue weighted by molar-refractivity contribution is 0.669. The summed E-state index contributed by atoms with van der Waals surface area (Å²) >= 11 is 0. The Kier molecular flexibility index (Phi) is 14.2. The van der Waals surface area contributed by atoms with Gasteiger partial charge in [0.2, 0.25) is 0 Å². The standard InChI is InChI=1S/C102H64N2O2/c1-3-22-66(23-4-1)82-52-50-80(63-90(82)68-24-5-2-6-25-68)104(98-40-20-30-67-26-11-12-32-84(67)98)97-39-18-16-34-86(97)76-46-54-100-93(59-76)95-64-91-73(62-102(95)106-100)31-19-37-81(91)74-44-51-83-77(55-74)60-89(88-36-14-13-35-87(83)88)69-42-47-78(48-43-69)103(79-49-41-65-21-7-8-27-70(65)56-79)96-38-17-15-33-85(96)75-45-53-99-92(58-75)94-57-71-28-9-10-29-72(71)61-101(94)105-99/h1-64H. The van der Waals surface area contributed by atoms with Gasteiger partial charge >= 0.3 is 0 Å². The highest BCUT2D eigenvalue weighted by molar-refractivity contribution is 6.18. The van der Waals surface area contributed by atoms with Gasteiger partial charge in [-0.2, -0.15) is 0 Å². The minimum absolute atomic E-state index is 0.846. The summed E-state index contributed by atoms with van der Waals surface area (Å²) in [6, 6.07) is 142. The van der Waals surface area contributed by atoms with Crippen LogP contribution in [0.1, 0.15) is 0 Å². The molecule has 0 unspecified atom stereocenters. The fraction of sp³-hybridized carbons (Fsp3) is 0. The molecule has 21 rings (SSSR count). The second-order valence-corrected chi connectivity index (χ2v) is 27.8. The third kappa shape index (κ3) is 10.3. The zero-order valence-corrected chi connectivity index (χ0v) is 57.7. The van der Waals surface area contributed by atoms with Crippen molar-refractivity contribution in [2.24, 2.45) is 0 Å². The molecule has 0 radical (unpaired) electrons. The third-order valence-electron chi connectivity index (χ3n) is 21.8. The fourth-order valence-electron chi connectivity index (χ4n) is 16.7. The van der Waals surface area contributed by atoms with E-state index in [9.17, 15) is 0 Å². The molecule has 19 aromatic carbocycles. The van der Waals surface area contributed by atoms with Crippen molar-refractivity contribution >= 4 is 143 Å². The van der Waals surface area contributed by atoms with Crippen molar-refractivity contribution in [3.63, 3.8) is 0 Å². The van der Waals surface area contributed by atoms with Gasteiger partial charge in [0.05, 0.1) is 17.1 Å². The minimum Gasteiger partial charge on any atom is -0.456 e. The normalized spacial score (nSPS) is 11.8. The van der Waals surface area contributed by atoms with Crippen LogP contribution in [0.3, 0.4) is 0 Å². The van der Waals surface area contributed by atoms with Crippen LogP contribution in [0.5, 0.6) is 0 Å². The molecule has 0 aliphatic heterocycles. The van der Waals surface area contributed by atoms with E-state index in [2.05, 4.69) is 398 Å². The molecule has 494 valence electrons. The molecule has 0 spiro atoms. The van der Waals surface area contributed by atoms with Crippen LogP contribution in [-0.2, 0) is 0 Å². The number of anilines is 6. The van der Waals surface area contributed by atoms with E-state index < -0.39 is 0 Å². The number of benzene rings is 19. The van der Waals surface area contributed by atoms with Crippen molar-refractivity contribution in [3.8, 4) is 66.8 Å². The quantitative estimate of drug-likeness (QED) is 0.114. The molecule has 0 N–H and O–H groups in total. The molecule has 4 heteroatoms. The van der Waals surface area contributed by atoms with Crippen LogP contribution in [0.2, 0.25) is 0 Å². The van der Waals surface area contributed by atoms with Crippen LogP contribution >= 0.6 is 0 Å². The maximum Gasteiger partial charge on any atom is 0.136 e. The lowest BCUT2D eigenvalue weighted by Gasteiger charge is -2.30. The predicted molar refractivity (Wildman–Crippen MR) is 448 cm³/mol. The van der Waals surface area contributed by atoms with Crippen molar-refractivity contribution in [3.05, 3.63) is 388 Å². The number of fused-ring (bicyclic) bond motifs is 13. The second-order valence-electron chi connectivity index (χ2n) is 27.8. The molecule has 0 aliphatic rings. The summed E-state index contributed by atoms with van der Waals surface area (Å²) < 4.78 is 13.4. The van der Waals surface area contributed by atoms with Gasteiger partial charge in [0.1, 0.15) is 22.3 Å². The molecule has 0 saturated heterocycles. The Morgan fingerprint density at radius 2 is 0.613 bits per heavy atom. The molecule has 4 nitrogen and oxygen atoms in total. The Labute approximate surface area is 612 Å². The van der Waals surface area contributed by atoms with Crippen LogP contribution in [0.4, 0.5) is 34.1 Å². The van der Waals surface area contributed by atoms with Crippen molar-refractivity contribution < 1.29 is 8.83 Å². The number of para-hydroxylation sites is 2. The van der Waals surface area contributed by atoms with Gasteiger partial charge in [-0.1, -0.05) is 273 Å². The van der Waals surface area contributed by atoms with Crippen molar-refractivity contribution in [2.45, 2.75) is 0 Å². The van der Waals surface area contributed by atoms with E-state index in [0.717, 1.165) is 139 Å². The van der Waals surface area contributed by atoms with Crippen molar-refractivity contribution in [1.82, 2.24) is 0 Å². The number of furan rings is 2. The van der Waals surface area contributed by atoms with Crippen LogP contribution < -0.4 is 9.80 Å². The molecule has 0 bridgehead atoms. The average Bonchev–Trinajstić information content (AvgIpc) is 1.36. The van der Waals surface area contributed by atoms with E-state index in [-0.39, 0.29) is 0 Å². The third-order valence-corrected chi connectivity index (χ3v) is 21.8. The number of hydrogen-bond acceptors (Lipinski definition) is 4. The molecule has 0 aliphatic carbocycles. The summed E-state index contributed by atoms with van der Waals surface area (Å²) in [7, 11) is 0. The summed E-state index contributed by atoms with van der Waals surface area (Å²) in [5, 5.41) is 18.5. The lowest BCUT2D eigenvalue weighted by atomic mass is 9.90. The van der Waals surface area contributed by atoms with Gasteiger partial charge in [0.25, 0.3) is 0 Å². The topological polar surface area (TPSA) is 32.8 Å². The molecular formula is C102H64N2O2. The number of rotatable bonds is 12. The van der Waals surface area contributed by atoms with E-state index in [1.165, 1.54) is 70.6 Å². The van der Waals surface area contributed by atoms with Crippen LogP contribution in [0.15, 0.2) is 397 Å². The molecule has 2 aromatic heterocycles. The maximum absolute atomic E-state index is 6.84. The first kappa shape index (κ1) is 60.7. The summed E-state index contributed by atoms with van der Waals surface area (Å²) in [5.74, 6) is 0. The van der Waals surface area contributed by atoms with Gasteiger partial charge in [0, 0.05) is 55.1 Å². The van der Waals surface area contributed by atoms with Crippen molar-refractivity contribution in [1.29, 1.82) is 0 Å². The minimum atomic E-state index is 0.846. The Morgan fingerprint density at radius 3 is 1.33 bits per heavy atom. The molecule has 0 amide bonds. The first-order chi connectivity index (χ1) is 52.5. The zero-order valence-electron chi connectivity index (χ0n) is 57.7. The number of nitrogens with zero attached hydrogens (tertiary/aromatic N) is 2.